The molecule has 1 fully saturated rings. The SMILES string of the molecule is COC(=O)C1(C(=O)OC)C[C@@H]2[C@H](C1)C(=O)c1ccccc1[C@H]2C(F)(F)F. The third kappa shape index (κ3) is 2.50. The Kier molecular flexibility index (Phi) is 4.32. The monoisotopic (exact) mass is 370 g/mol. The first-order valence-electron chi connectivity index (χ1n) is 8.04. The van der Waals surface area contributed by atoms with Crippen LogP contribution in [0.4, 0.5) is 13.2 Å². The number of ether oxygens (including phenoxy) is 2. The highest BCUT2D eigenvalue weighted by atomic mass is 19.4. The number of ketones is 1. The molecule has 1 aromatic rings. The van der Waals surface area contributed by atoms with Crippen molar-refractivity contribution in [3.05, 3.63) is 35.4 Å². The van der Waals surface area contributed by atoms with Gasteiger partial charge >= 0.3 is 18.1 Å². The van der Waals surface area contributed by atoms with E-state index >= 15 is 0 Å². The van der Waals surface area contributed by atoms with Gasteiger partial charge < -0.3 is 9.47 Å². The summed E-state index contributed by atoms with van der Waals surface area (Å²) < 4.78 is 50.9. The van der Waals surface area contributed by atoms with Crippen LogP contribution in [0.5, 0.6) is 0 Å². The van der Waals surface area contributed by atoms with E-state index in [0.717, 1.165) is 14.2 Å². The number of hydrogen-bond donors (Lipinski definition) is 0. The highest BCUT2D eigenvalue weighted by Crippen LogP contribution is 2.59. The lowest BCUT2D eigenvalue weighted by Crippen LogP contribution is -2.40. The molecule has 26 heavy (non-hydrogen) atoms. The van der Waals surface area contributed by atoms with Crippen LogP contribution < -0.4 is 0 Å². The summed E-state index contributed by atoms with van der Waals surface area (Å²) >= 11 is 0. The Labute approximate surface area is 147 Å². The molecule has 0 saturated heterocycles. The van der Waals surface area contributed by atoms with E-state index in [9.17, 15) is 27.6 Å². The van der Waals surface area contributed by atoms with Gasteiger partial charge in [0.05, 0.1) is 20.1 Å². The molecule has 1 saturated carbocycles. The van der Waals surface area contributed by atoms with E-state index in [0.29, 0.717) is 0 Å². The van der Waals surface area contributed by atoms with Crippen LogP contribution in [0.1, 0.15) is 34.7 Å². The highest BCUT2D eigenvalue weighted by molar-refractivity contribution is 6.05. The average molecular weight is 370 g/mol. The van der Waals surface area contributed by atoms with Crippen LogP contribution in [0.3, 0.4) is 0 Å². The minimum atomic E-state index is -4.62. The van der Waals surface area contributed by atoms with E-state index < -0.39 is 53.5 Å². The Morgan fingerprint density at radius 3 is 2.19 bits per heavy atom. The second-order valence-electron chi connectivity index (χ2n) is 6.71. The topological polar surface area (TPSA) is 69.7 Å². The van der Waals surface area contributed by atoms with Crippen molar-refractivity contribution in [2.45, 2.75) is 24.9 Å². The van der Waals surface area contributed by atoms with Crippen molar-refractivity contribution in [2.24, 2.45) is 17.3 Å². The van der Waals surface area contributed by atoms with Crippen molar-refractivity contribution >= 4 is 17.7 Å². The Bertz CT molecular complexity index is 754. The minimum Gasteiger partial charge on any atom is -0.468 e. The van der Waals surface area contributed by atoms with Gasteiger partial charge in [0, 0.05) is 11.5 Å². The summed E-state index contributed by atoms with van der Waals surface area (Å²) in [4.78, 5) is 37.4. The predicted octanol–water partition coefficient (Wildman–Crippen LogP) is 2.89. The van der Waals surface area contributed by atoms with Gasteiger partial charge in [-0.05, 0) is 24.3 Å². The molecule has 3 atom stereocenters. The molecule has 0 bridgehead atoms. The zero-order valence-corrected chi connectivity index (χ0v) is 14.1. The minimum absolute atomic E-state index is 0.0124. The largest absolute Gasteiger partial charge is 0.468 e. The van der Waals surface area contributed by atoms with Crippen LogP contribution in [-0.2, 0) is 19.1 Å². The van der Waals surface area contributed by atoms with Gasteiger partial charge in [-0.1, -0.05) is 24.3 Å². The summed E-state index contributed by atoms with van der Waals surface area (Å²) in [6.07, 6.45) is -5.42. The first-order valence-corrected chi connectivity index (χ1v) is 8.04. The van der Waals surface area contributed by atoms with Gasteiger partial charge in [0.25, 0.3) is 0 Å². The molecule has 2 aliphatic carbocycles. The molecule has 3 rings (SSSR count). The molecule has 0 amide bonds. The number of alkyl halides is 3. The maximum atomic E-state index is 13.9. The Morgan fingerprint density at radius 2 is 1.65 bits per heavy atom. The highest BCUT2D eigenvalue weighted by Gasteiger charge is 2.65. The number of halogens is 3. The fraction of sp³-hybridized carbons (Fsp3) is 0.500. The average Bonchev–Trinajstić information content (AvgIpc) is 3.01. The molecule has 1 aromatic carbocycles. The van der Waals surface area contributed by atoms with Crippen LogP contribution in [-0.4, -0.2) is 38.1 Å². The number of methoxy groups -OCH3 is 2. The number of Topliss-reactive ketones (excluding diaryl/α,β-unsaturated/α-hetero) is 1. The number of benzene rings is 1. The molecule has 8 heteroatoms. The van der Waals surface area contributed by atoms with Crippen molar-refractivity contribution in [1.82, 2.24) is 0 Å². The van der Waals surface area contributed by atoms with E-state index in [-0.39, 0.29) is 17.5 Å². The van der Waals surface area contributed by atoms with Crippen LogP contribution in [0.15, 0.2) is 24.3 Å². The van der Waals surface area contributed by atoms with E-state index in [1.807, 2.05) is 0 Å². The number of rotatable bonds is 2. The van der Waals surface area contributed by atoms with Crippen molar-refractivity contribution < 1.29 is 37.0 Å². The Morgan fingerprint density at radius 1 is 1.08 bits per heavy atom. The smallest absolute Gasteiger partial charge is 0.396 e. The fourth-order valence-corrected chi connectivity index (χ4v) is 4.44. The van der Waals surface area contributed by atoms with E-state index in [2.05, 4.69) is 9.47 Å². The molecular weight excluding hydrogens is 353 g/mol. The van der Waals surface area contributed by atoms with Crippen LogP contribution in [0.25, 0.3) is 0 Å². The quantitative estimate of drug-likeness (QED) is 0.591. The number of hydrogen-bond acceptors (Lipinski definition) is 5. The summed E-state index contributed by atoms with van der Waals surface area (Å²) in [6, 6.07) is 5.56. The van der Waals surface area contributed by atoms with Crippen LogP contribution >= 0.6 is 0 Å². The third-order valence-electron chi connectivity index (χ3n) is 5.50. The molecule has 0 unspecified atom stereocenters. The number of carbonyl (C=O) groups excluding carboxylic acids is 3. The Hall–Kier alpha value is -2.38. The summed E-state index contributed by atoms with van der Waals surface area (Å²) in [7, 11) is 2.10. The van der Waals surface area contributed by atoms with Gasteiger partial charge in [0.1, 0.15) is 0 Å². The normalized spacial score (nSPS) is 26.7. The van der Waals surface area contributed by atoms with Gasteiger partial charge in [0.2, 0.25) is 0 Å². The number of carbonyl (C=O) groups is 3. The second kappa shape index (κ2) is 6.10. The van der Waals surface area contributed by atoms with Gasteiger partial charge in [-0.25, -0.2) is 0 Å². The summed E-state index contributed by atoms with van der Waals surface area (Å²) in [6.45, 7) is 0. The zero-order chi connectivity index (χ0) is 19.3. The van der Waals surface area contributed by atoms with Crippen LogP contribution in [0.2, 0.25) is 0 Å². The molecule has 0 heterocycles. The predicted molar refractivity (Wildman–Crippen MR) is 82.2 cm³/mol. The lowest BCUT2D eigenvalue weighted by molar-refractivity contribution is -0.173. The van der Waals surface area contributed by atoms with Gasteiger partial charge in [0.15, 0.2) is 11.2 Å². The molecule has 0 aliphatic heterocycles. The van der Waals surface area contributed by atoms with Crippen molar-refractivity contribution in [3.8, 4) is 0 Å². The first kappa shape index (κ1) is 18.4. The zero-order valence-electron chi connectivity index (χ0n) is 14.1. The summed E-state index contributed by atoms with van der Waals surface area (Å²) in [5.74, 6) is -6.70. The number of fused-ring (bicyclic) bond motifs is 2. The molecule has 0 N–H and O–H groups in total. The maximum absolute atomic E-state index is 13.9. The van der Waals surface area contributed by atoms with Gasteiger partial charge in [-0.3, -0.25) is 14.4 Å². The van der Waals surface area contributed by atoms with Crippen molar-refractivity contribution in [1.29, 1.82) is 0 Å². The standard InChI is InChI=1S/C18H17F3O5/c1-25-15(23)17(16(24)26-2)7-11-12(8-17)14(22)10-6-4-3-5-9(10)13(11)18(19,20)21/h3-6,11-13H,7-8H2,1-2H3/t11-,12+,13-/m1/s1. The molecule has 2 aliphatic rings. The van der Waals surface area contributed by atoms with E-state index in [1.54, 1.807) is 0 Å². The van der Waals surface area contributed by atoms with Crippen LogP contribution in [0, 0.1) is 17.3 Å². The summed E-state index contributed by atoms with van der Waals surface area (Å²) in [5, 5.41) is 0. The van der Waals surface area contributed by atoms with Gasteiger partial charge in [-0.2, -0.15) is 13.2 Å². The molecule has 5 nitrogen and oxygen atoms in total. The molecule has 0 aromatic heterocycles. The first-order chi connectivity index (χ1) is 12.2. The van der Waals surface area contributed by atoms with E-state index in [1.165, 1.54) is 24.3 Å². The molecule has 0 spiro atoms. The van der Waals surface area contributed by atoms with E-state index in [4.69, 9.17) is 0 Å². The van der Waals surface area contributed by atoms with Crippen molar-refractivity contribution in [3.63, 3.8) is 0 Å². The fourth-order valence-electron chi connectivity index (χ4n) is 4.44. The molecule has 0 radical (unpaired) electrons. The Balaban J connectivity index is 2.15. The molecule has 140 valence electrons. The maximum Gasteiger partial charge on any atom is 0.396 e. The molecular formula is C18H17F3O5. The lowest BCUT2D eigenvalue weighted by Gasteiger charge is -2.35. The summed E-state index contributed by atoms with van der Waals surface area (Å²) in [5.41, 5.74) is -2.03. The second-order valence-corrected chi connectivity index (χ2v) is 6.71. The van der Waals surface area contributed by atoms with Gasteiger partial charge in [-0.15, -0.1) is 0 Å². The van der Waals surface area contributed by atoms with Crippen molar-refractivity contribution in [2.75, 3.05) is 14.2 Å². The lowest BCUT2D eigenvalue weighted by atomic mass is 9.69. The third-order valence-corrected chi connectivity index (χ3v) is 5.50. The number of esters is 2.